The third-order valence-electron chi connectivity index (χ3n) is 3.87. The van der Waals surface area contributed by atoms with Crippen LogP contribution in [-0.4, -0.2) is 47.8 Å². The van der Waals surface area contributed by atoms with E-state index in [1.807, 2.05) is 24.3 Å². The average Bonchev–Trinajstić information content (AvgIpc) is 2.80. The van der Waals surface area contributed by atoms with Crippen molar-refractivity contribution in [3.63, 3.8) is 0 Å². The highest BCUT2D eigenvalue weighted by Crippen LogP contribution is 2.32. The zero-order valence-electron chi connectivity index (χ0n) is 12.8. The van der Waals surface area contributed by atoms with Crippen molar-refractivity contribution in [1.29, 1.82) is 0 Å². The molecule has 2 heterocycles. The number of carbonyl (C=O) groups is 1. The average molecular weight is 314 g/mol. The van der Waals surface area contributed by atoms with Crippen molar-refractivity contribution >= 4 is 5.91 Å². The number of fused-ring (bicyclic) bond motifs is 1. The molecule has 1 atom stereocenters. The lowest BCUT2D eigenvalue weighted by atomic mass is 10.0. The van der Waals surface area contributed by atoms with Gasteiger partial charge in [0.2, 0.25) is 5.88 Å². The number of methoxy groups -OCH3 is 1. The first-order valence-corrected chi connectivity index (χ1v) is 7.38. The number of aliphatic hydroxyl groups excluding tert-OH is 1. The molecule has 0 aliphatic carbocycles. The summed E-state index contributed by atoms with van der Waals surface area (Å²) in [6.07, 6.45) is 1.53. The molecule has 0 spiro atoms. The van der Waals surface area contributed by atoms with Crippen LogP contribution in [0.2, 0.25) is 0 Å². The fraction of sp³-hybridized carbons (Fsp3) is 0.294. The number of rotatable bonds is 3. The van der Waals surface area contributed by atoms with Crippen LogP contribution < -0.4 is 9.47 Å². The highest BCUT2D eigenvalue weighted by atomic mass is 16.5. The quantitative estimate of drug-likeness (QED) is 0.933. The summed E-state index contributed by atoms with van der Waals surface area (Å²) in [5, 5.41) is 9.84. The van der Waals surface area contributed by atoms with Gasteiger partial charge in [-0.15, -0.1) is 0 Å². The molecule has 1 aromatic heterocycles. The molecule has 1 aliphatic heterocycles. The van der Waals surface area contributed by atoms with E-state index in [4.69, 9.17) is 9.47 Å². The number of pyridine rings is 1. The predicted molar refractivity (Wildman–Crippen MR) is 83.6 cm³/mol. The molecule has 0 bridgehead atoms. The van der Waals surface area contributed by atoms with E-state index in [2.05, 4.69) is 4.98 Å². The van der Waals surface area contributed by atoms with E-state index in [0.29, 0.717) is 30.3 Å². The van der Waals surface area contributed by atoms with E-state index >= 15 is 0 Å². The largest absolute Gasteiger partial charge is 0.491 e. The van der Waals surface area contributed by atoms with E-state index in [9.17, 15) is 9.90 Å². The van der Waals surface area contributed by atoms with Gasteiger partial charge >= 0.3 is 0 Å². The minimum Gasteiger partial charge on any atom is -0.491 e. The van der Waals surface area contributed by atoms with E-state index in [1.165, 1.54) is 13.3 Å². The van der Waals surface area contributed by atoms with E-state index < -0.39 is 6.04 Å². The number of hydrogen-bond donors (Lipinski definition) is 1. The van der Waals surface area contributed by atoms with Crippen molar-refractivity contribution < 1.29 is 19.4 Å². The topological polar surface area (TPSA) is 71.9 Å². The Bertz CT molecular complexity index is 704. The van der Waals surface area contributed by atoms with Crippen LogP contribution in [0.1, 0.15) is 22.0 Å². The molecule has 6 nitrogen and oxygen atoms in total. The molecule has 3 rings (SSSR count). The summed E-state index contributed by atoms with van der Waals surface area (Å²) in [6.45, 7) is 0.596. The number of nitrogens with zero attached hydrogens (tertiary/aromatic N) is 2. The first kappa shape index (κ1) is 15.3. The second-order valence-electron chi connectivity index (χ2n) is 5.17. The lowest BCUT2D eigenvalue weighted by Gasteiger charge is -2.28. The molecule has 0 radical (unpaired) electrons. The van der Waals surface area contributed by atoms with Crippen molar-refractivity contribution in [2.75, 3.05) is 26.9 Å². The predicted octanol–water partition coefficient (Wildman–Crippen LogP) is 1.66. The van der Waals surface area contributed by atoms with E-state index in [0.717, 1.165) is 5.56 Å². The molecule has 0 saturated carbocycles. The van der Waals surface area contributed by atoms with Gasteiger partial charge < -0.3 is 19.5 Å². The summed E-state index contributed by atoms with van der Waals surface area (Å²) in [6, 6.07) is 10.2. The lowest BCUT2D eigenvalue weighted by Crippen LogP contribution is -2.38. The Morgan fingerprint density at radius 1 is 1.43 bits per heavy atom. The number of aromatic nitrogens is 1. The smallest absolute Gasteiger partial charge is 0.254 e. The third-order valence-corrected chi connectivity index (χ3v) is 3.87. The summed E-state index contributed by atoms with van der Waals surface area (Å²) >= 11 is 0. The highest BCUT2D eigenvalue weighted by molar-refractivity contribution is 5.94. The Labute approximate surface area is 134 Å². The van der Waals surface area contributed by atoms with Gasteiger partial charge in [0.25, 0.3) is 5.91 Å². The Kier molecular flexibility index (Phi) is 4.43. The summed E-state index contributed by atoms with van der Waals surface area (Å²) < 4.78 is 10.8. The molecule has 1 aromatic carbocycles. The van der Waals surface area contributed by atoms with E-state index in [-0.39, 0.29) is 12.5 Å². The van der Waals surface area contributed by atoms with Crippen LogP contribution in [0.25, 0.3) is 0 Å². The fourth-order valence-corrected chi connectivity index (χ4v) is 2.72. The maximum absolute atomic E-state index is 12.9. The van der Waals surface area contributed by atoms with Gasteiger partial charge in [-0.1, -0.05) is 18.2 Å². The van der Waals surface area contributed by atoms with Gasteiger partial charge in [0, 0.05) is 23.4 Å². The first-order valence-electron chi connectivity index (χ1n) is 7.38. The Morgan fingerprint density at radius 2 is 2.26 bits per heavy atom. The Balaban J connectivity index is 1.96. The molecule has 1 amide bonds. The number of benzene rings is 1. The summed E-state index contributed by atoms with van der Waals surface area (Å²) in [5.74, 6) is 0.891. The van der Waals surface area contributed by atoms with E-state index in [1.54, 1.807) is 17.0 Å². The normalized spacial score (nSPS) is 17.0. The molecule has 1 unspecified atom stereocenters. The second kappa shape index (κ2) is 6.66. The van der Waals surface area contributed by atoms with Crippen molar-refractivity contribution in [2.45, 2.75) is 6.04 Å². The number of hydrogen-bond acceptors (Lipinski definition) is 5. The van der Waals surface area contributed by atoms with Gasteiger partial charge in [0.05, 0.1) is 26.3 Å². The molecule has 0 fully saturated rings. The Hall–Kier alpha value is -2.60. The van der Waals surface area contributed by atoms with Crippen molar-refractivity contribution in [2.24, 2.45) is 0 Å². The van der Waals surface area contributed by atoms with Crippen molar-refractivity contribution in [1.82, 2.24) is 9.88 Å². The zero-order valence-corrected chi connectivity index (χ0v) is 12.8. The first-order chi connectivity index (χ1) is 11.2. The molecule has 2 aromatic rings. The van der Waals surface area contributed by atoms with Crippen LogP contribution >= 0.6 is 0 Å². The minimum absolute atomic E-state index is 0.172. The van der Waals surface area contributed by atoms with Gasteiger partial charge in [-0.3, -0.25) is 4.79 Å². The van der Waals surface area contributed by atoms with Crippen molar-refractivity contribution in [3.8, 4) is 11.6 Å². The van der Waals surface area contributed by atoms with Crippen LogP contribution in [0, 0.1) is 0 Å². The molecule has 23 heavy (non-hydrogen) atoms. The zero-order chi connectivity index (χ0) is 16.2. The fourth-order valence-electron chi connectivity index (χ4n) is 2.72. The van der Waals surface area contributed by atoms with Crippen LogP contribution in [0.3, 0.4) is 0 Å². The molecule has 1 N–H and O–H groups in total. The number of carbonyl (C=O) groups excluding carboxylic acids is 1. The molecule has 0 saturated heterocycles. The van der Waals surface area contributed by atoms with Gasteiger partial charge in [-0.05, 0) is 12.1 Å². The van der Waals surface area contributed by atoms with Crippen LogP contribution in [0.15, 0.2) is 42.6 Å². The monoisotopic (exact) mass is 314 g/mol. The number of para-hydroxylation sites is 1. The van der Waals surface area contributed by atoms with Gasteiger partial charge in [0.1, 0.15) is 12.4 Å². The van der Waals surface area contributed by atoms with Gasteiger partial charge in [-0.25, -0.2) is 4.98 Å². The molecular weight excluding hydrogens is 296 g/mol. The van der Waals surface area contributed by atoms with Crippen LogP contribution in [0.5, 0.6) is 11.6 Å². The number of aliphatic hydroxyl groups is 1. The number of ether oxygens (including phenoxy) is 2. The summed E-state index contributed by atoms with van der Waals surface area (Å²) in [4.78, 5) is 18.5. The SMILES string of the molecule is COc1cc(C(=O)N2CCOc3ccccc3C2CO)ccn1. The maximum atomic E-state index is 12.9. The lowest BCUT2D eigenvalue weighted by molar-refractivity contribution is 0.0584. The number of amides is 1. The van der Waals surface area contributed by atoms with Crippen LogP contribution in [-0.2, 0) is 0 Å². The standard InChI is InChI=1S/C17H18N2O4/c1-22-16-10-12(6-7-18-16)17(21)19-8-9-23-15-5-3-2-4-13(15)14(19)11-20/h2-7,10,14,20H,8-9,11H2,1H3. The molecule has 6 heteroatoms. The Morgan fingerprint density at radius 3 is 3.04 bits per heavy atom. The van der Waals surface area contributed by atoms with Crippen LogP contribution in [0.4, 0.5) is 0 Å². The molecule has 1 aliphatic rings. The highest BCUT2D eigenvalue weighted by Gasteiger charge is 2.30. The summed E-state index contributed by atoms with van der Waals surface area (Å²) in [5.41, 5.74) is 1.27. The van der Waals surface area contributed by atoms with Gasteiger partial charge in [0.15, 0.2) is 0 Å². The minimum atomic E-state index is -0.444. The third kappa shape index (κ3) is 2.98. The second-order valence-corrected chi connectivity index (χ2v) is 5.17. The van der Waals surface area contributed by atoms with Crippen molar-refractivity contribution in [3.05, 3.63) is 53.7 Å². The molecular formula is C17H18N2O4. The molecule has 120 valence electrons. The van der Waals surface area contributed by atoms with Gasteiger partial charge in [-0.2, -0.15) is 0 Å². The summed E-state index contributed by atoms with van der Waals surface area (Å²) in [7, 11) is 1.50. The maximum Gasteiger partial charge on any atom is 0.254 e.